The van der Waals surface area contributed by atoms with Gasteiger partial charge in [-0.25, -0.2) is 18.4 Å². The SMILES string of the molecule is CNCc1ccc(S(=O)(=O)NC(C)(C)c2nccs2)nc1. The van der Waals surface area contributed by atoms with Gasteiger partial charge in [0.25, 0.3) is 10.0 Å². The van der Waals surface area contributed by atoms with Crippen LogP contribution in [0.1, 0.15) is 24.4 Å². The van der Waals surface area contributed by atoms with Gasteiger partial charge >= 0.3 is 0 Å². The van der Waals surface area contributed by atoms with E-state index in [1.165, 1.54) is 17.4 Å². The van der Waals surface area contributed by atoms with E-state index in [1.807, 2.05) is 12.4 Å². The van der Waals surface area contributed by atoms with Crippen LogP contribution in [0.25, 0.3) is 0 Å². The van der Waals surface area contributed by atoms with E-state index in [-0.39, 0.29) is 5.03 Å². The minimum absolute atomic E-state index is 0.00647. The molecule has 0 saturated carbocycles. The molecule has 0 fully saturated rings. The Morgan fingerprint density at radius 3 is 2.57 bits per heavy atom. The molecule has 0 radical (unpaired) electrons. The number of hydrogen-bond acceptors (Lipinski definition) is 6. The molecule has 0 saturated heterocycles. The summed E-state index contributed by atoms with van der Waals surface area (Å²) in [5.41, 5.74) is 0.147. The molecule has 21 heavy (non-hydrogen) atoms. The predicted molar refractivity (Wildman–Crippen MR) is 82.5 cm³/mol. The molecule has 0 atom stereocenters. The fraction of sp³-hybridized carbons (Fsp3) is 0.385. The number of hydrogen-bond donors (Lipinski definition) is 2. The van der Waals surface area contributed by atoms with Crippen LogP contribution in [0.2, 0.25) is 0 Å². The van der Waals surface area contributed by atoms with Crippen LogP contribution in [0.4, 0.5) is 0 Å². The van der Waals surface area contributed by atoms with Crippen LogP contribution in [0, 0.1) is 0 Å². The first-order valence-corrected chi connectivity index (χ1v) is 8.75. The van der Waals surface area contributed by atoms with E-state index in [9.17, 15) is 8.42 Å². The maximum atomic E-state index is 12.4. The molecule has 0 aliphatic carbocycles. The molecule has 0 aliphatic heterocycles. The van der Waals surface area contributed by atoms with Crippen molar-refractivity contribution in [3.05, 3.63) is 40.5 Å². The maximum absolute atomic E-state index is 12.4. The van der Waals surface area contributed by atoms with E-state index in [0.29, 0.717) is 11.6 Å². The average Bonchev–Trinajstić information content (AvgIpc) is 2.93. The van der Waals surface area contributed by atoms with Crippen LogP contribution in [0.5, 0.6) is 0 Å². The minimum atomic E-state index is -3.69. The predicted octanol–water partition coefficient (Wildman–Crippen LogP) is 1.47. The largest absolute Gasteiger partial charge is 0.316 e. The van der Waals surface area contributed by atoms with Crippen LogP contribution in [0.15, 0.2) is 34.9 Å². The molecular formula is C13H18N4O2S2. The Kier molecular flexibility index (Phi) is 4.72. The van der Waals surface area contributed by atoms with E-state index in [1.54, 1.807) is 32.3 Å². The van der Waals surface area contributed by atoms with Crippen molar-refractivity contribution in [1.29, 1.82) is 0 Å². The number of nitrogens with zero attached hydrogens (tertiary/aromatic N) is 2. The van der Waals surface area contributed by atoms with Crippen LogP contribution >= 0.6 is 11.3 Å². The first-order valence-electron chi connectivity index (χ1n) is 6.38. The zero-order chi connectivity index (χ0) is 15.5. The van der Waals surface area contributed by atoms with Crippen molar-refractivity contribution in [3.63, 3.8) is 0 Å². The van der Waals surface area contributed by atoms with E-state index in [0.717, 1.165) is 5.56 Å². The molecule has 0 spiro atoms. The standard InChI is InChI=1S/C13H18N4O2S2/c1-13(2,12-15-6-7-20-12)17-21(18,19)11-5-4-10(8-14-3)9-16-11/h4-7,9,14,17H,8H2,1-3H3. The Hall–Kier alpha value is -1.35. The van der Waals surface area contributed by atoms with Gasteiger partial charge in [-0.1, -0.05) is 6.07 Å². The molecule has 2 N–H and O–H groups in total. The van der Waals surface area contributed by atoms with Gasteiger partial charge in [-0.05, 0) is 32.5 Å². The van der Waals surface area contributed by atoms with Gasteiger partial charge in [-0.2, -0.15) is 4.72 Å². The van der Waals surface area contributed by atoms with Crippen molar-refractivity contribution < 1.29 is 8.42 Å². The van der Waals surface area contributed by atoms with E-state index < -0.39 is 15.6 Å². The molecule has 2 heterocycles. The highest BCUT2D eigenvalue weighted by atomic mass is 32.2. The Balaban J connectivity index is 2.22. The van der Waals surface area contributed by atoms with Crippen LogP contribution in [-0.2, 0) is 22.1 Å². The smallest absolute Gasteiger partial charge is 0.258 e. The topological polar surface area (TPSA) is 84.0 Å². The zero-order valence-electron chi connectivity index (χ0n) is 12.1. The molecule has 2 rings (SSSR count). The molecule has 0 unspecified atom stereocenters. The lowest BCUT2D eigenvalue weighted by Gasteiger charge is -2.23. The molecule has 0 aliphatic rings. The highest BCUT2D eigenvalue weighted by Crippen LogP contribution is 2.24. The van der Waals surface area contributed by atoms with Gasteiger partial charge in [0.15, 0.2) is 5.03 Å². The summed E-state index contributed by atoms with van der Waals surface area (Å²) in [5.74, 6) is 0. The fourth-order valence-electron chi connectivity index (χ4n) is 1.84. The van der Waals surface area contributed by atoms with Crippen molar-refractivity contribution >= 4 is 21.4 Å². The van der Waals surface area contributed by atoms with Gasteiger partial charge in [-0.15, -0.1) is 11.3 Å². The summed E-state index contributed by atoms with van der Waals surface area (Å²) in [7, 11) is -1.87. The summed E-state index contributed by atoms with van der Waals surface area (Å²) in [5, 5.41) is 5.52. The lowest BCUT2D eigenvalue weighted by Crippen LogP contribution is -2.41. The van der Waals surface area contributed by atoms with Gasteiger partial charge in [-0.3, -0.25) is 0 Å². The fourth-order valence-corrected chi connectivity index (χ4v) is 3.94. The maximum Gasteiger partial charge on any atom is 0.258 e. The first kappa shape index (κ1) is 16.0. The Labute approximate surface area is 128 Å². The van der Waals surface area contributed by atoms with E-state index in [2.05, 4.69) is 20.0 Å². The third-order valence-corrected chi connectivity index (χ3v) is 5.48. The molecule has 0 amide bonds. The van der Waals surface area contributed by atoms with Gasteiger partial charge in [0.1, 0.15) is 5.01 Å². The third kappa shape index (κ3) is 3.85. The average molecular weight is 326 g/mol. The zero-order valence-corrected chi connectivity index (χ0v) is 13.8. The summed E-state index contributed by atoms with van der Waals surface area (Å²) >= 11 is 1.41. The molecule has 0 bridgehead atoms. The van der Waals surface area contributed by atoms with Crippen LogP contribution < -0.4 is 10.0 Å². The van der Waals surface area contributed by atoms with Gasteiger partial charge in [0, 0.05) is 24.3 Å². The van der Waals surface area contributed by atoms with E-state index >= 15 is 0 Å². The number of rotatable bonds is 6. The lowest BCUT2D eigenvalue weighted by atomic mass is 10.1. The third-order valence-electron chi connectivity index (χ3n) is 2.81. The van der Waals surface area contributed by atoms with Gasteiger partial charge in [0.05, 0.1) is 5.54 Å². The summed E-state index contributed by atoms with van der Waals surface area (Å²) < 4.78 is 27.4. The van der Waals surface area contributed by atoms with Crippen molar-refractivity contribution in [2.75, 3.05) is 7.05 Å². The number of aromatic nitrogens is 2. The molecule has 114 valence electrons. The quantitative estimate of drug-likeness (QED) is 0.840. The number of sulfonamides is 1. The van der Waals surface area contributed by atoms with Gasteiger partial charge < -0.3 is 5.32 Å². The van der Waals surface area contributed by atoms with Crippen molar-refractivity contribution in [3.8, 4) is 0 Å². The minimum Gasteiger partial charge on any atom is -0.316 e. The molecular weight excluding hydrogens is 308 g/mol. The van der Waals surface area contributed by atoms with Crippen LogP contribution in [0.3, 0.4) is 0 Å². The highest BCUT2D eigenvalue weighted by molar-refractivity contribution is 7.89. The Bertz CT molecular complexity index is 679. The molecule has 8 heteroatoms. The Morgan fingerprint density at radius 1 is 1.29 bits per heavy atom. The summed E-state index contributed by atoms with van der Waals surface area (Å²) in [6.45, 7) is 4.20. The van der Waals surface area contributed by atoms with Crippen molar-refractivity contribution in [1.82, 2.24) is 20.0 Å². The highest BCUT2D eigenvalue weighted by Gasteiger charge is 2.30. The monoisotopic (exact) mass is 326 g/mol. The van der Waals surface area contributed by atoms with Crippen LogP contribution in [-0.4, -0.2) is 25.4 Å². The van der Waals surface area contributed by atoms with Gasteiger partial charge in [0.2, 0.25) is 0 Å². The van der Waals surface area contributed by atoms with Crippen molar-refractivity contribution in [2.24, 2.45) is 0 Å². The first-order chi connectivity index (χ1) is 9.85. The molecule has 0 aromatic carbocycles. The number of pyridine rings is 1. The second-order valence-corrected chi connectivity index (χ2v) is 7.63. The molecule has 2 aromatic rings. The Morgan fingerprint density at radius 2 is 2.05 bits per heavy atom. The lowest BCUT2D eigenvalue weighted by molar-refractivity contribution is 0.468. The normalized spacial score (nSPS) is 12.5. The van der Waals surface area contributed by atoms with Crippen molar-refractivity contribution in [2.45, 2.75) is 31.0 Å². The molecule has 2 aromatic heterocycles. The number of nitrogens with one attached hydrogen (secondary N) is 2. The molecule has 6 nitrogen and oxygen atoms in total. The summed E-state index contributed by atoms with van der Waals surface area (Å²) in [6, 6.07) is 3.25. The van der Waals surface area contributed by atoms with E-state index in [4.69, 9.17) is 0 Å². The summed E-state index contributed by atoms with van der Waals surface area (Å²) in [6.07, 6.45) is 3.21. The number of thiazole rings is 1. The summed E-state index contributed by atoms with van der Waals surface area (Å²) in [4.78, 5) is 8.19. The second-order valence-electron chi connectivity index (χ2n) is 5.10. The second kappa shape index (κ2) is 6.18.